The molecule has 27 heavy (non-hydrogen) atoms. The summed E-state index contributed by atoms with van der Waals surface area (Å²) in [6.07, 6.45) is 3.90. The number of benzene rings is 2. The van der Waals surface area contributed by atoms with Crippen molar-refractivity contribution in [2.45, 2.75) is 6.42 Å². The molecular formula is C21H23NO5. The maximum Gasteiger partial charge on any atom is 0.244 e. The molecule has 0 bridgehead atoms. The van der Waals surface area contributed by atoms with Gasteiger partial charge in [-0.25, -0.2) is 0 Å². The van der Waals surface area contributed by atoms with Gasteiger partial charge in [0.1, 0.15) is 24.7 Å². The van der Waals surface area contributed by atoms with Crippen LogP contribution in [0.3, 0.4) is 0 Å². The minimum absolute atomic E-state index is 0.169. The number of carbonyl (C=O) groups excluding carboxylic acids is 1. The highest BCUT2D eigenvalue weighted by molar-refractivity contribution is 5.92. The van der Waals surface area contributed by atoms with Gasteiger partial charge in [-0.05, 0) is 48.4 Å². The molecule has 1 heterocycles. The number of fused-ring (bicyclic) bond motifs is 1. The van der Waals surface area contributed by atoms with Crippen molar-refractivity contribution in [1.82, 2.24) is 5.32 Å². The molecule has 1 amide bonds. The number of ether oxygens (including phenoxy) is 4. The van der Waals surface area contributed by atoms with Crippen molar-refractivity contribution in [3.05, 3.63) is 53.6 Å². The van der Waals surface area contributed by atoms with Crippen molar-refractivity contribution >= 4 is 12.0 Å². The van der Waals surface area contributed by atoms with E-state index in [-0.39, 0.29) is 5.91 Å². The Kier molecular flexibility index (Phi) is 6.20. The Morgan fingerprint density at radius 3 is 2.67 bits per heavy atom. The van der Waals surface area contributed by atoms with Crippen molar-refractivity contribution in [3.63, 3.8) is 0 Å². The first kappa shape index (κ1) is 18.6. The van der Waals surface area contributed by atoms with Gasteiger partial charge in [-0.2, -0.15) is 0 Å². The van der Waals surface area contributed by atoms with E-state index < -0.39 is 0 Å². The number of nitrogens with one attached hydrogen (secondary N) is 1. The Morgan fingerprint density at radius 1 is 1.07 bits per heavy atom. The van der Waals surface area contributed by atoms with Crippen LogP contribution in [0.25, 0.3) is 6.08 Å². The zero-order valence-corrected chi connectivity index (χ0v) is 15.5. The van der Waals surface area contributed by atoms with Gasteiger partial charge < -0.3 is 24.3 Å². The first-order chi connectivity index (χ1) is 13.2. The molecule has 1 N–H and O–H groups in total. The van der Waals surface area contributed by atoms with Gasteiger partial charge in [-0.15, -0.1) is 0 Å². The fourth-order valence-electron chi connectivity index (χ4n) is 2.77. The van der Waals surface area contributed by atoms with Crippen LogP contribution in [-0.2, 0) is 11.2 Å². The van der Waals surface area contributed by atoms with Crippen LogP contribution in [0.15, 0.2) is 42.5 Å². The number of methoxy groups -OCH3 is 2. The van der Waals surface area contributed by atoms with Crippen LogP contribution in [0, 0.1) is 0 Å². The molecule has 0 spiro atoms. The van der Waals surface area contributed by atoms with E-state index in [0.29, 0.717) is 37.7 Å². The summed E-state index contributed by atoms with van der Waals surface area (Å²) in [5, 5.41) is 2.88. The Labute approximate surface area is 158 Å². The van der Waals surface area contributed by atoms with E-state index in [1.165, 1.54) is 6.08 Å². The minimum atomic E-state index is -0.169. The summed E-state index contributed by atoms with van der Waals surface area (Å²) in [5.41, 5.74) is 1.86. The number of hydrogen-bond donors (Lipinski definition) is 1. The first-order valence-electron chi connectivity index (χ1n) is 8.76. The van der Waals surface area contributed by atoms with Gasteiger partial charge in [0.25, 0.3) is 0 Å². The van der Waals surface area contributed by atoms with Crippen LogP contribution in [0.1, 0.15) is 11.1 Å². The van der Waals surface area contributed by atoms with Gasteiger partial charge in [0, 0.05) is 18.2 Å². The van der Waals surface area contributed by atoms with E-state index in [1.54, 1.807) is 26.4 Å². The number of hydrogen-bond acceptors (Lipinski definition) is 5. The largest absolute Gasteiger partial charge is 0.497 e. The third-order valence-electron chi connectivity index (χ3n) is 4.17. The van der Waals surface area contributed by atoms with Gasteiger partial charge in [-0.1, -0.05) is 6.07 Å². The second-order valence-electron chi connectivity index (χ2n) is 5.96. The number of amides is 1. The predicted octanol–water partition coefficient (Wildman–Crippen LogP) is 2.85. The van der Waals surface area contributed by atoms with Gasteiger partial charge in [0.05, 0.1) is 14.2 Å². The lowest BCUT2D eigenvalue weighted by Gasteiger charge is -2.18. The lowest BCUT2D eigenvalue weighted by Crippen LogP contribution is -2.23. The second kappa shape index (κ2) is 8.98. The highest BCUT2D eigenvalue weighted by Gasteiger charge is 2.11. The van der Waals surface area contributed by atoms with Gasteiger partial charge in [0.15, 0.2) is 11.5 Å². The summed E-state index contributed by atoms with van der Waals surface area (Å²) < 4.78 is 21.6. The molecule has 2 aromatic carbocycles. The molecule has 3 rings (SSSR count). The van der Waals surface area contributed by atoms with E-state index in [1.807, 2.05) is 30.3 Å². The minimum Gasteiger partial charge on any atom is -0.497 e. The quantitative estimate of drug-likeness (QED) is 0.761. The van der Waals surface area contributed by atoms with E-state index in [0.717, 1.165) is 22.6 Å². The molecule has 142 valence electrons. The summed E-state index contributed by atoms with van der Waals surface area (Å²) in [5.74, 6) is 2.74. The molecular weight excluding hydrogens is 346 g/mol. The average molecular weight is 369 g/mol. The highest BCUT2D eigenvalue weighted by atomic mass is 16.6. The molecule has 2 aromatic rings. The molecule has 0 saturated carbocycles. The highest BCUT2D eigenvalue weighted by Crippen LogP contribution is 2.30. The Hall–Kier alpha value is -3.15. The molecule has 0 saturated heterocycles. The van der Waals surface area contributed by atoms with Crippen LogP contribution < -0.4 is 24.3 Å². The molecule has 0 aromatic heterocycles. The smallest absolute Gasteiger partial charge is 0.244 e. The normalized spacial score (nSPS) is 12.7. The van der Waals surface area contributed by atoms with Gasteiger partial charge in [-0.3, -0.25) is 4.79 Å². The Bertz CT molecular complexity index is 831. The standard InChI is InChI=1S/C21H23NO5/c1-24-17-5-7-18(25-2)16(14-17)4-8-21(23)22-10-9-15-3-6-19-20(13-15)27-12-11-26-19/h3-8,13-14H,9-12H2,1-2H3,(H,22,23)/b8-4+. The lowest BCUT2D eigenvalue weighted by molar-refractivity contribution is -0.116. The van der Waals surface area contributed by atoms with Crippen LogP contribution in [-0.4, -0.2) is 39.9 Å². The maximum atomic E-state index is 12.1. The Balaban J connectivity index is 1.53. The monoisotopic (exact) mass is 369 g/mol. The predicted molar refractivity (Wildman–Crippen MR) is 103 cm³/mol. The van der Waals surface area contributed by atoms with E-state index in [4.69, 9.17) is 18.9 Å². The summed E-state index contributed by atoms with van der Waals surface area (Å²) in [6.45, 7) is 1.66. The molecule has 6 nitrogen and oxygen atoms in total. The number of carbonyl (C=O) groups is 1. The molecule has 1 aliphatic rings. The summed E-state index contributed by atoms with van der Waals surface area (Å²) in [6, 6.07) is 11.3. The molecule has 0 unspecified atom stereocenters. The van der Waals surface area contributed by atoms with Crippen LogP contribution in [0.2, 0.25) is 0 Å². The summed E-state index contributed by atoms with van der Waals surface area (Å²) in [4.78, 5) is 12.1. The van der Waals surface area contributed by atoms with Gasteiger partial charge >= 0.3 is 0 Å². The molecule has 0 fully saturated rings. The van der Waals surface area contributed by atoms with Crippen molar-refractivity contribution in [3.8, 4) is 23.0 Å². The molecule has 1 aliphatic heterocycles. The SMILES string of the molecule is COc1ccc(OC)c(/C=C/C(=O)NCCc2ccc3c(c2)OCCO3)c1. The maximum absolute atomic E-state index is 12.1. The topological polar surface area (TPSA) is 66.0 Å². The van der Waals surface area contributed by atoms with Crippen LogP contribution in [0.4, 0.5) is 0 Å². The van der Waals surface area contributed by atoms with Crippen molar-refractivity contribution in [1.29, 1.82) is 0 Å². The molecule has 0 radical (unpaired) electrons. The summed E-state index contributed by atoms with van der Waals surface area (Å²) in [7, 11) is 3.19. The van der Waals surface area contributed by atoms with E-state index in [2.05, 4.69) is 5.32 Å². The summed E-state index contributed by atoms with van der Waals surface area (Å²) >= 11 is 0. The average Bonchev–Trinajstić information content (AvgIpc) is 2.72. The lowest BCUT2D eigenvalue weighted by atomic mass is 10.1. The first-order valence-corrected chi connectivity index (χ1v) is 8.76. The van der Waals surface area contributed by atoms with Crippen LogP contribution in [0.5, 0.6) is 23.0 Å². The molecule has 0 atom stereocenters. The molecule has 6 heteroatoms. The Morgan fingerprint density at radius 2 is 1.89 bits per heavy atom. The third-order valence-corrected chi connectivity index (χ3v) is 4.17. The zero-order chi connectivity index (χ0) is 19.1. The van der Waals surface area contributed by atoms with Crippen LogP contribution >= 0.6 is 0 Å². The molecule has 0 aliphatic carbocycles. The third kappa shape index (κ3) is 4.94. The van der Waals surface area contributed by atoms with Gasteiger partial charge in [0.2, 0.25) is 5.91 Å². The van der Waals surface area contributed by atoms with Crippen molar-refractivity contribution in [2.24, 2.45) is 0 Å². The van der Waals surface area contributed by atoms with E-state index in [9.17, 15) is 4.79 Å². The number of rotatable bonds is 7. The second-order valence-corrected chi connectivity index (χ2v) is 5.96. The fraction of sp³-hybridized carbons (Fsp3) is 0.286. The fourth-order valence-corrected chi connectivity index (χ4v) is 2.77. The van der Waals surface area contributed by atoms with Crippen molar-refractivity contribution in [2.75, 3.05) is 34.0 Å². The van der Waals surface area contributed by atoms with E-state index >= 15 is 0 Å². The zero-order valence-electron chi connectivity index (χ0n) is 15.5. The van der Waals surface area contributed by atoms with Crippen molar-refractivity contribution < 1.29 is 23.7 Å².